The molecule has 3 heteroatoms. The van der Waals surface area contributed by atoms with Crippen LogP contribution in [0.1, 0.15) is 38.9 Å². The molecule has 102 valence electrons. The van der Waals surface area contributed by atoms with Crippen molar-refractivity contribution in [2.75, 3.05) is 13.6 Å². The lowest BCUT2D eigenvalue weighted by Gasteiger charge is -2.43. The van der Waals surface area contributed by atoms with Gasteiger partial charge in [-0.05, 0) is 43.4 Å². The van der Waals surface area contributed by atoms with Gasteiger partial charge >= 0.3 is 0 Å². The van der Waals surface area contributed by atoms with Crippen LogP contribution in [0.2, 0.25) is 0 Å². The van der Waals surface area contributed by atoms with Crippen molar-refractivity contribution >= 4 is 0 Å². The molecular formula is C15H26N2O. The molecule has 1 aromatic heterocycles. The fourth-order valence-corrected chi connectivity index (χ4v) is 3.14. The predicted octanol–water partition coefficient (Wildman–Crippen LogP) is 2.87. The van der Waals surface area contributed by atoms with Gasteiger partial charge in [-0.2, -0.15) is 0 Å². The van der Waals surface area contributed by atoms with Crippen molar-refractivity contribution in [3.05, 3.63) is 24.2 Å². The van der Waals surface area contributed by atoms with Gasteiger partial charge in [0.25, 0.3) is 0 Å². The highest BCUT2D eigenvalue weighted by atomic mass is 16.3. The van der Waals surface area contributed by atoms with Gasteiger partial charge in [-0.1, -0.05) is 20.3 Å². The van der Waals surface area contributed by atoms with Crippen molar-refractivity contribution in [3.63, 3.8) is 0 Å². The number of nitrogens with two attached hydrogens (primary N) is 1. The maximum Gasteiger partial charge on any atom is 0.117 e. The first kappa shape index (κ1) is 13.6. The fraction of sp³-hybridized carbons (Fsp3) is 0.733. The highest BCUT2D eigenvalue weighted by molar-refractivity contribution is 4.98. The molecule has 1 saturated carbocycles. The van der Waals surface area contributed by atoms with Crippen molar-refractivity contribution in [1.82, 2.24) is 4.90 Å². The van der Waals surface area contributed by atoms with Crippen molar-refractivity contribution < 1.29 is 4.42 Å². The molecule has 0 aliphatic heterocycles. The summed E-state index contributed by atoms with van der Waals surface area (Å²) in [6, 6.07) is 4.28. The SMILES string of the molecule is CN(Cc1ccco1)CC1CCCC(C)(C)C1N. The topological polar surface area (TPSA) is 42.4 Å². The monoisotopic (exact) mass is 250 g/mol. The Balaban J connectivity index is 1.88. The third kappa shape index (κ3) is 3.15. The molecule has 2 N–H and O–H groups in total. The van der Waals surface area contributed by atoms with E-state index in [-0.39, 0.29) is 5.41 Å². The lowest BCUT2D eigenvalue weighted by molar-refractivity contribution is 0.107. The van der Waals surface area contributed by atoms with E-state index in [1.165, 1.54) is 19.3 Å². The minimum atomic E-state index is 0.286. The molecule has 1 fully saturated rings. The first-order valence-corrected chi connectivity index (χ1v) is 6.95. The molecule has 3 nitrogen and oxygen atoms in total. The molecule has 0 radical (unpaired) electrons. The summed E-state index contributed by atoms with van der Waals surface area (Å²) >= 11 is 0. The predicted molar refractivity (Wildman–Crippen MR) is 74.1 cm³/mol. The van der Waals surface area contributed by atoms with E-state index in [2.05, 4.69) is 25.8 Å². The van der Waals surface area contributed by atoms with Crippen LogP contribution in [0.4, 0.5) is 0 Å². The molecule has 0 aromatic carbocycles. The Labute approximate surface area is 110 Å². The van der Waals surface area contributed by atoms with Crippen LogP contribution in [-0.4, -0.2) is 24.5 Å². The Hall–Kier alpha value is -0.800. The first-order chi connectivity index (χ1) is 8.49. The quantitative estimate of drug-likeness (QED) is 0.893. The second-order valence-corrected chi connectivity index (χ2v) is 6.44. The van der Waals surface area contributed by atoms with Crippen LogP contribution in [0.5, 0.6) is 0 Å². The van der Waals surface area contributed by atoms with E-state index >= 15 is 0 Å². The summed E-state index contributed by atoms with van der Waals surface area (Å²) in [6.45, 7) is 6.54. The summed E-state index contributed by atoms with van der Waals surface area (Å²) in [5.74, 6) is 1.63. The van der Waals surface area contributed by atoms with Crippen LogP contribution < -0.4 is 5.73 Å². The summed E-state index contributed by atoms with van der Waals surface area (Å²) in [7, 11) is 2.15. The molecule has 0 saturated heterocycles. The minimum absolute atomic E-state index is 0.286. The zero-order valence-corrected chi connectivity index (χ0v) is 11.9. The van der Waals surface area contributed by atoms with Gasteiger partial charge in [0.1, 0.15) is 5.76 Å². The van der Waals surface area contributed by atoms with Gasteiger partial charge in [-0.3, -0.25) is 4.90 Å². The molecule has 18 heavy (non-hydrogen) atoms. The van der Waals surface area contributed by atoms with E-state index in [1.54, 1.807) is 6.26 Å². The molecular weight excluding hydrogens is 224 g/mol. The Morgan fingerprint density at radius 3 is 2.94 bits per heavy atom. The maximum absolute atomic E-state index is 6.43. The Morgan fingerprint density at radius 2 is 2.28 bits per heavy atom. The van der Waals surface area contributed by atoms with E-state index in [1.807, 2.05) is 12.1 Å². The number of furan rings is 1. The molecule has 1 heterocycles. The fourth-order valence-electron chi connectivity index (χ4n) is 3.14. The van der Waals surface area contributed by atoms with Crippen molar-refractivity contribution in [3.8, 4) is 0 Å². The van der Waals surface area contributed by atoms with E-state index < -0.39 is 0 Å². The van der Waals surface area contributed by atoms with E-state index in [9.17, 15) is 0 Å². The smallest absolute Gasteiger partial charge is 0.117 e. The van der Waals surface area contributed by atoms with Crippen molar-refractivity contribution in [2.45, 2.75) is 45.7 Å². The first-order valence-electron chi connectivity index (χ1n) is 6.95. The summed E-state index contributed by atoms with van der Waals surface area (Å²) in [5, 5.41) is 0. The second-order valence-electron chi connectivity index (χ2n) is 6.44. The lowest BCUT2D eigenvalue weighted by Crippen LogP contribution is -2.49. The van der Waals surface area contributed by atoms with Gasteiger partial charge in [0.05, 0.1) is 12.8 Å². The zero-order chi connectivity index (χ0) is 13.2. The van der Waals surface area contributed by atoms with Gasteiger partial charge in [0, 0.05) is 12.6 Å². The van der Waals surface area contributed by atoms with Crippen molar-refractivity contribution in [1.29, 1.82) is 0 Å². The van der Waals surface area contributed by atoms with E-state index in [4.69, 9.17) is 10.2 Å². The highest BCUT2D eigenvalue weighted by Crippen LogP contribution is 2.37. The van der Waals surface area contributed by atoms with Gasteiger partial charge in [0.15, 0.2) is 0 Å². The van der Waals surface area contributed by atoms with E-state index in [0.717, 1.165) is 18.8 Å². The number of rotatable bonds is 4. The molecule has 1 aromatic rings. The standard InChI is InChI=1S/C15H26N2O/c1-15(2)8-4-6-12(14(15)16)10-17(3)11-13-7-5-9-18-13/h5,7,9,12,14H,4,6,8,10-11,16H2,1-3H3. The largest absolute Gasteiger partial charge is 0.468 e. The lowest BCUT2D eigenvalue weighted by atomic mass is 9.68. The highest BCUT2D eigenvalue weighted by Gasteiger charge is 2.36. The van der Waals surface area contributed by atoms with Gasteiger partial charge in [-0.25, -0.2) is 0 Å². The van der Waals surface area contributed by atoms with E-state index in [0.29, 0.717) is 12.0 Å². The average Bonchev–Trinajstić information content (AvgIpc) is 2.77. The Bertz CT molecular complexity index is 359. The molecule has 2 unspecified atom stereocenters. The molecule has 0 amide bonds. The molecule has 0 bridgehead atoms. The van der Waals surface area contributed by atoms with Crippen LogP contribution in [0.3, 0.4) is 0 Å². The second kappa shape index (κ2) is 5.45. The third-order valence-corrected chi connectivity index (χ3v) is 4.36. The molecule has 0 spiro atoms. The molecule has 2 atom stereocenters. The van der Waals surface area contributed by atoms with Gasteiger partial charge in [-0.15, -0.1) is 0 Å². The summed E-state index contributed by atoms with van der Waals surface area (Å²) < 4.78 is 5.39. The molecule has 1 aliphatic carbocycles. The van der Waals surface area contributed by atoms with Gasteiger partial charge < -0.3 is 10.2 Å². The summed E-state index contributed by atoms with van der Waals surface area (Å²) in [5.41, 5.74) is 6.71. The Morgan fingerprint density at radius 1 is 1.50 bits per heavy atom. The molecule has 1 aliphatic rings. The number of hydrogen-bond acceptors (Lipinski definition) is 3. The minimum Gasteiger partial charge on any atom is -0.468 e. The maximum atomic E-state index is 6.43. The van der Waals surface area contributed by atoms with Crippen LogP contribution in [0.15, 0.2) is 22.8 Å². The van der Waals surface area contributed by atoms with Crippen molar-refractivity contribution in [2.24, 2.45) is 17.1 Å². The number of nitrogens with zero attached hydrogens (tertiary/aromatic N) is 1. The average molecular weight is 250 g/mol. The van der Waals surface area contributed by atoms with Crippen LogP contribution in [0.25, 0.3) is 0 Å². The van der Waals surface area contributed by atoms with Gasteiger partial charge in [0.2, 0.25) is 0 Å². The Kier molecular flexibility index (Phi) is 4.13. The van der Waals surface area contributed by atoms with Crippen LogP contribution in [0, 0.1) is 11.3 Å². The molecule has 2 rings (SSSR count). The van der Waals surface area contributed by atoms with Crippen LogP contribution in [-0.2, 0) is 6.54 Å². The number of hydrogen-bond donors (Lipinski definition) is 1. The summed E-state index contributed by atoms with van der Waals surface area (Å²) in [6.07, 6.45) is 5.55. The zero-order valence-electron chi connectivity index (χ0n) is 11.9. The normalized spacial score (nSPS) is 27.6. The summed E-state index contributed by atoms with van der Waals surface area (Å²) in [4.78, 5) is 2.32. The third-order valence-electron chi connectivity index (χ3n) is 4.36. The van der Waals surface area contributed by atoms with Crippen LogP contribution >= 0.6 is 0 Å².